The number of hydrogen-bond donors (Lipinski definition) is 1. The molecule has 4 nitrogen and oxygen atoms in total. The van der Waals surface area contributed by atoms with E-state index in [1.165, 1.54) is 0 Å². The van der Waals surface area contributed by atoms with Crippen LogP contribution in [0.2, 0.25) is 0 Å². The summed E-state index contributed by atoms with van der Waals surface area (Å²) in [5.41, 5.74) is 8.36. The van der Waals surface area contributed by atoms with Gasteiger partial charge in [-0.2, -0.15) is 5.10 Å². The Morgan fingerprint density at radius 1 is 1.46 bits per heavy atom. The highest BCUT2D eigenvalue weighted by atomic mass is 16.5. The molecule has 1 aromatic heterocycles. The summed E-state index contributed by atoms with van der Waals surface area (Å²) in [7, 11) is 0. The maximum absolute atomic E-state index is 5.77. The topological polar surface area (TPSA) is 53.1 Å². The summed E-state index contributed by atoms with van der Waals surface area (Å²) < 4.78 is 7.20. The summed E-state index contributed by atoms with van der Waals surface area (Å²) in [6.45, 7) is 8.30. The van der Waals surface area contributed by atoms with Crippen LogP contribution < -0.4 is 5.73 Å². The molecule has 0 atom stereocenters. The Morgan fingerprint density at radius 3 is 2.46 bits per heavy atom. The lowest BCUT2D eigenvalue weighted by atomic mass is 10.3. The monoisotopic (exact) mass is 183 g/mol. The summed E-state index contributed by atoms with van der Waals surface area (Å²) in [6.07, 6.45) is 0.213. The van der Waals surface area contributed by atoms with Crippen LogP contribution >= 0.6 is 0 Å². The maximum atomic E-state index is 5.77. The van der Waals surface area contributed by atoms with E-state index in [2.05, 4.69) is 5.10 Å². The lowest BCUT2D eigenvalue weighted by Gasteiger charge is -2.08. The van der Waals surface area contributed by atoms with Crippen molar-refractivity contribution in [3.8, 4) is 0 Å². The third kappa shape index (κ3) is 2.21. The average molecular weight is 183 g/mol. The number of nitrogen functional groups attached to an aromatic ring is 1. The molecule has 0 aliphatic carbocycles. The minimum atomic E-state index is 0.213. The molecule has 0 amide bonds. The summed E-state index contributed by atoms with van der Waals surface area (Å²) in [5, 5.41) is 4.25. The van der Waals surface area contributed by atoms with Crippen LogP contribution in [0.3, 0.4) is 0 Å². The molecule has 1 aromatic rings. The summed E-state index contributed by atoms with van der Waals surface area (Å²) in [4.78, 5) is 0. The van der Waals surface area contributed by atoms with Gasteiger partial charge in [-0.3, -0.25) is 0 Å². The minimum Gasteiger partial charge on any atom is -0.396 e. The zero-order valence-electron chi connectivity index (χ0n) is 8.66. The minimum absolute atomic E-state index is 0.213. The molecule has 0 unspecified atom stereocenters. The van der Waals surface area contributed by atoms with Crippen LogP contribution in [0, 0.1) is 13.8 Å². The fourth-order valence-corrected chi connectivity index (χ4v) is 1.06. The zero-order valence-corrected chi connectivity index (χ0v) is 8.66. The average Bonchev–Trinajstić information content (AvgIpc) is 2.29. The number of ether oxygens (including phenoxy) is 1. The SMILES string of the molecule is Cc1nn(COC(C)C)c(C)c1N. The van der Waals surface area contributed by atoms with Gasteiger partial charge in [0, 0.05) is 0 Å². The smallest absolute Gasteiger partial charge is 0.140 e. The van der Waals surface area contributed by atoms with E-state index in [0.717, 1.165) is 17.1 Å². The Bertz CT molecular complexity index is 291. The Balaban J connectivity index is 2.72. The van der Waals surface area contributed by atoms with Gasteiger partial charge < -0.3 is 10.5 Å². The Morgan fingerprint density at radius 2 is 2.08 bits per heavy atom. The first-order valence-electron chi connectivity index (χ1n) is 4.43. The molecule has 0 fully saturated rings. The third-order valence-electron chi connectivity index (χ3n) is 1.97. The van der Waals surface area contributed by atoms with Gasteiger partial charge in [0.1, 0.15) is 6.73 Å². The highest BCUT2D eigenvalue weighted by Crippen LogP contribution is 2.14. The molecule has 1 heterocycles. The van der Waals surface area contributed by atoms with E-state index in [1.807, 2.05) is 27.7 Å². The van der Waals surface area contributed by atoms with E-state index in [-0.39, 0.29) is 6.10 Å². The predicted octanol–water partition coefficient (Wildman–Crippen LogP) is 1.46. The van der Waals surface area contributed by atoms with Gasteiger partial charge in [-0.15, -0.1) is 0 Å². The molecule has 0 spiro atoms. The van der Waals surface area contributed by atoms with Crippen LogP contribution in [0.5, 0.6) is 0 Å². The van der Waals surface area contributed by atoms with Gasteiger partial charge in [-0.05, 0) is 27.7 Å². The van der Waals surface area contributed by atoms with Gasteiger partial charge >= 0.3 is 0 Å². The molecule has 1 rings (SSSR count). The Kier molecular flexibility index (Phi) is 2.93. The zero-order chi connectivity index (χ0) is 10.0. The van der Waals surface area contributed by atoms with Crippen LogP contribution in [0.15, 0.2) is 0 Å². The van der Waals surface area contributed by atoms with Gasteiger partial charge in [0.05, 0.1) is 23.2 Å². The fraction of sp³-hybridized carbons (Fsp3) is 0.667. The molecular weight excluding hydrogens is 166 g/mol. The summed E-state index contributed by atoms with van der Waals surface area (Å²) in [6, 6.07) is 0. The molecule has 0 aliphatic rings. The molecule has 0 bridgehead atoms. The fourth-order valence-electron chi connectivity index (χ4n) is 1.06. The standard InChI is InChI=1S/C9H17N3O/c1-6(2)13-5-12-8(4)9(10)7(3)11-12/h6H,5,10H2,1-4H3. The van der Waals surface area contributed by atoms with Crippen LogP contribution in [-0.4, -0.2) is 15.9 Å². The van der Waals surface area contributed by atoms with Crippen LogP contribution in [0.25, 0.3) is 0 Å². The number of hydrogen-bond acceptors (Lipinski definition) is 3. The van der Waals surface area contributed by atoms with E-state index in [0.29, 0.717) is 6.73 Å². The molecule has 0 aromatic carbocycles. The summed E-state index contributed by atoms with van der Waals surface area (Å²) >= 11 is 0. The van der Waals surface area contributed by atoms with E-state index >= 15 is 0 Å². The molecule has 74 valence electrons. The van der Waals surface area contributed by atoms with Crippen molar-refractivity contribution in [1.82, 2.24) is 9.78 Å². The van der Waals surface area contributed by atoms with E-state index in [1.54, 1.807) is 4.68 Å². The van der Waals surface area contributed by atoms with Crippen molar-refractivity contribution in [2.45, 2.75) is 40.5 Å². The van der Waals surface area contributed by atoms with Crippen molar-refractivity contribution >= 4 is 5.69 Å². The number of nitrogens with two attached hydrogens (primary N) is 1. The number of rotatable bonds is 3. The van der Waals surface area contributed by atoms with Gasteiger partial charge in [0.25, 0.3) is 0 Å². The summed E-state index contributed by atoms with van der Waals surface area (Å²) in [5.74, 6) is 0. The maximum Gasteiger partial charge on any atom is 0.140 e. The molecule has 0 aliphatic heterocycles. The van der Waals surface area contributed by atoms with Gasteiger partial charge in [-0.1, -0.05) is 0 Å². The van der Waals surface area contributed by atoms with Gasteiger partial charge in [0.15, 0.2) is 0 Å². The second kappa shape index (κ2) is 3.79. The van der Waals surface area contributed by atoms with Crippen LogP contribution in [-0.2, 0) is 11.5 Å². The highest BCUT2D eigenvalue weighted by molar-refractivity contribution is 5.46. The number of anilines is 1. The molecule has 4 heteroatoms. The molecule has 2 N–H and O–H groups in total. The first-order chi connectivity index (χ1) is 6.02. The second-order valence-electron chi connectivity index (χ2n) is 3.43. The molecule has 0 saturated heterocycles. The van der Waals surface area contributed by atoms with E-state index in [4.69, 9.17) is 10.5 Å². The van der Waals surface area contributed by atoms with Crippen molar-refractivity contribution in [2.75, 3.05) is 5.73 Å². The number of aromatic nitrogens is 2. The van der Waals surface area contributed by atoms with Crippen LogP contribution in [0.1, 0.15) is 25.2 Å². The molecule has 0 radical (unpaired) electrons. The second-order valence-corrected chi connectivity index (χ2v) is 3.43. The van der Waals surface area contributed by atoms with Gasteiger partial charge in [-0.25, -0.2) is 4.68 Å². The lowest BCUT2D eigenvalue weighted by Crippen LogP contribution is -2.11. The number of nitrogens with zero attached hydrogens (tertiary/aromatic N) is 2. The number of aryl methyl sites for hydroxylation is 1. The third-order valence-corrected chi connectivity index (χ3v) is 1.97. The van der Waals surface area contributed by atoms with Crippen molar-refractivity contribution in [2.24, 2.45) is 0 Å². The van der Waals surface area contributed by atoms with Crippen LogP contribution in [0.4, 0.5) is 5.69 Å². The quantitative estimate of drug-likeness (QED) is 0.772. The first-order valence-corrected chi connectivity index (χ1v) is 4.43. The van der Waals surface area contributed by atoms with Gasteiger partial charge in [0.2, 0.25) is 0 Å². The molecule has 13 heavy (non-hydrogen) atoms. The van der Waals surface area contributed by atoms with E-state index in [9.17, 15) is 0 Å². The lowest BCUT2D eigenvalue weighted by molar-refractivity contribution is 0.0209. The molecule has 0 saturated carbocycles. The Hall–Kier alpha value is -1.03. The van der Waals surface area contributed by atoms with Crippen molar-refractivity contribution in [3.05, 3.63) is 11.4 Å². The van der Waals surface area contributed by atoms with Crippen molar-refractivity contribution in [3.63, 3.8) is 0 Å². The largest absolute Gasteiger partial charge is 0.396 e. The van der Waals surface area contributed by atoms with Crippen molar-refractivity contribution < 1.29 is 4.74 Å². The normalized spacial score (nSPS) is 11.2. The van der Waals surface area contributed by atoms with E-state index < -0.39 is 0 Å². The first kappa shape index (κ1) is 10.1. The van der Waals surface area contributed by atoms with Crippen molar-refractivity contribution in [1.29, 1.82) is 0 Å². The molecular formula is C9H17N3O. The predicted molar refractivity (Wildman–Crippen MR) is 52.3 cm³/mol. The Labute approximate surface area is 78.7 Å². The highest BCUT2D eigenvalue weighted by Gasteiger charge is 2.07.